The Morgan fingerprint density at radius 2 is 2.40 bits per heavy atom. The van der Waals surface area contributed by atoms with Gasteiger partial charge in [0.15, 0.2) is 0 Å². The average Bonchev–Trinajstić information content (AvgIpc) is 2.30. The molecular weight excluding hydrogens is 126 g/mol. The third-order valence-corrected chi connectivity index (χ3v) is 1.55. The van der Waals surface area contributed by atoms with Crippen LogP contribution in [0.3, 0.4) is 0 Å². The van der Waals surface area contributed by atoms with Gasteiger partial charge in [0.1, 0.15) is 0 Å². The van der Waals surface area contributed by atoms with Crippen molar-refractivity contribution in [2.45, 2.75) is 19.9 Å². The van der Waals surface area contributed by atoms with Crippen LogP contribution in [0.5, 0.6) is 0 Å². The lowest BCUT2D eigenvalue weighted by Crippen LogP contribution is -1.97. The van der Waals surface area contributed by atoms with Crippen LogP contribution in [0.1, 0.15) is 18.2 Å². The molecule has 0 radical (unpaired) electrons. The van der Waals surface area contributed by atoms with E-state index in [1.54, 1.807) is 4.68 Å². The monoisotopic (exact) mass is 139 g/mol. The summed E-state index contributed by atoms with van der Waals surface area (Å²) in [5.74, 6) is 0. The van der Waals surface area contributed by atoms with E-state index in [0.29, 0.717) is 6.54 Å². The van der Waals surface area contributed by atoms with E-state index in [1.165, 1.54) is 0 Å². The predicted octanol–water partition coefficient (Wildman–Crippen LogP) is 0.441. The Hall–Kier alpha value is -0.830. The van der Waals surface area contributed by atoms with Gasteiger partial charge in [-0.2, -0.15) is 5.10 Å². The molecule has 0 atom stereocenters. The first-order chi connectivity index (χ1) is 4.77. The maximum Gasteiger partial charge on any atom is 0.0666 e. The molecular formula is C7H13N3. The minimum absolute atomic E-state index is 0.594. The van der Waals surface area contributed by atoms with Crippen LogP contribution in [0.2, 0.25) is 0 Å². The molecule has 0 aromatic carbocycles. The first-order valence-electron chi connectivity index (χ1n) is 3.49. The third kappa shape index (κ3) is 1.19. The first kappa shape index (κ1) is 7.28. The van der Waals surface area contributed by atoms with E-state index in [2.05, 4.69) is 12.0 Å². The van der Waals surface area contributed by atoms with Crippen LogP contribution in [0.15, 0.2) is 6.20 Å². The highest BCUT2D eigenvalue weighted by Gasteiger charge is 2.01. The molecule has 0 fully saturated rings. The lowest BCUT2D eigenvalue weighted by atomic mass is 10.2. The normalized spacial score (nSPS) is 10.3. The van der Waals surface area contributed by atoms with Gasteiger partial charge >= 0.3 is 0 Å². The molecule has 10 heavy (non-hydrogen) atoms. The number of nitrogens with zero attached hydrogens (tertiary/aromatic N) is 2. The van der Waals surface area contributed by atoms with Crippen molar-refractivity contribution >= 4 is 0 Å². The highest BCUT2D eigenvalue weighted by atomic mass is 15.2. The van der Waals surface area contributed by atoms with Gasteiger partial charge in [-0.15, -0.1) is 0 Å². The number of rotatable bonds is 2. The third-order valence-electron chi connectivity index (χ3n) is 1.55. The zero-order chi connectivity index (χ0) is 7.56. The molecule has 1 rings (SSSR count). The van der Waals surface area contributed by atoms with Gasteiger partial charge in [0.2, 0.25) is 0 Å². The van der Waals surface area contributed by atoms with E-state index in [9.17, 15) is 0 Å². The highest BCUT2D eigenvalue weighted by Crippen LogP contribution is 2.04. The van der Waals surface area contributed by atoms with Gasteiger partial charge in [-0.25, -0.2) is 0 Å². The molecule has 0 saturated carbocycles. The molecule has 0 amide bonds. The number of aromatic nitrogens is 2. The lowest BCUT2D eigenvalue weighted by Gasteiger charge is -1.90. The molecule has 1 heterocycles. The van der Waals surface area contributed by atoms with Crippen LogP contribution in [0, 0.1) is 0 Å². The zero-order valence-electron chi connectivity index (χ0n) is 6.46. The van der Waals surface area contributed by atoms with Crippen LogP contribution in [-0.2, 0) is 20.0 Å². The molecule has 1 aromatic heterocycles. The molecule has 0 spiro atoms. The zero-order valence-corrected chi connectivity index (χ0v) is 6.46. The summed E-state index contributed by atoms with van der Waals surface area (Å²) in [6.07, 6.45) is 2.94. The second kappa shape index (κ2) is 2.84. The standard InChI is InChI=1S/C7H13N3/c1-3-7-6(4-8)5-10(2)9-7/h5H,3-4,8H2,1-2H3. The van der Waals surface area contributed by atoms with Crippen LogP contribution < -0.4 is 5.73 Å². The number of aryl methyl sites for hydroxylation is 2. The van der Waals surface area contributed by atoms with Gasteiger partial charge in [-0.1, -0.05) is 6.92 Å². The summed E-state index contributed by atoms with van der Waals surface area (Å²) in [4.78, 5) is 0. The van der Waals surface area contributed by atoms with E-state index in [0.717, 1.165) is 17.7 Å². The van der Waals surface area contributed by atoms with Gasteiger partial charge in [0.05, 0.1) is 5.69 Å². The predicted molar refractivity (Wildman–Crippen MR) is 40.5 cm³/mol. The minimum Gasteiger partial charge on any atom is -0.326 e. The quantitative estimate of drug-likeness (QED) is 0.646. The Morgan fingerprint density at radius 3 is 2.80 bits per heavy atom. The van der Waals surface area contributed by atoms with Crippen LogP contribution in [0.4, 0.5) is 0 Å². The van der Waals surface area contributed by atoms with E-state index < -0.39 is 0 Å². The van der Waals surface area contributed by atoms with E-state index in [-0.39, 0.29) is 0 Å². The van der Waals surface area contributed by atoms with Gasteiger partial charge < -0.3 is 5.73 Å². The van der Waals surface area contributed by atoms with Crippen molar-refractivity contribution in [2.75, 3.05) is 0 Å². The molecule has 1 aromatic rings. The van der Waals surface area contributed by atoms with Crippen molar-refractivity contribution in [1.29, 1.82) is 0 Å². The van der Waals surface area contributed by atoms with E-state index in [1.807, 2.05) is 13.2 Å². The maximum absolute atomic E-state index is 5.49. The first-order valence-corrected chi connectivity index (χ1v) is 3.49. The smallest absolute Gasteiger partial charge is 0.0666 e. The summed E-state index contributed by atoms with van der Waals surface area (Å²) >= 11 is 0. The summed E-state index contributed by atoms with van der Waals surface area (Å²) in [5, 5.41) is 4.24. The topological polar surface area (TPSA) is 43.8 Å². The number of hydrogen-bond donors (Lipinski definition) is 1. The number of nitrogens with two attached hydrogens (primary N) is 1. The molecule has 0 saturated heterocycles. The molecule has 0 aliphatic carbocycles. The van der Waals surface area contributed by atoms with Crippen molar-refractivity contribution in [1.82, 2.24) is 9.78 Å². The molecule has 0 aliphatic rings. The summed E-state index contributed by atoms with van der Waals surface area (Å²) in [5.41, 5.74) is 7.76. The Morgan fingerprint density at radius 1 is 1.70 bits per heavy atom. The van der Waals surface area contributed by atoms with Crippen molar-refractivity contribution in [3.63, 3.8) is 0 Å². The van der Waals surface area contributed by atoms with Gasteiger partial charge in [0.25, 0.3) is 0 Å². The molecule has 3 heteroatoms. The van der Waals surface area contributed by atoms with Gasteiger partial charge in [-0.3, -0.25) is 4.68 Å². The number of hydrogen-bond acceptors (Lipinski definition) is 2. The second-order valence-electron chi connectivity index (χ2n) is 2.33. The Kier molecular flexibility index (Phi) is 2.06. The van der Waals surface area contributed by atoms with E-state index >= 15 is 0 Å². The highest BCUT2D eigenvalue weighted by molar-refractivity contribution is 5.16. The molecule has 2 N–H and O–H groups in total. The Balaban J connectivity index is 2.96. The largest absolute Gasteiger partial charge is 0.326 e. The second-order valence-corrected chi connectivity index (χ2v) is 2.33. The van der Waals surface area contributed by atoms with Crippen LogP contribution >= 0.6 is 0 Å². The maximum atomic E-state index is 5.49. The fourth-order valence-electron chi connectivity index (χ4n) is 1.05. The van der Waals surface area contributed by atoms with E-state index in [4.69, 9.17) is 5.73 Å². The summed E-state index contributed by atoms with van der Waals surface area (Å²) in [6, 6.07) is 0. The Labute approximate surface area is 60.8 Å². The van der Waals surface area contributed by atoms with Crippen molar-refractivity contribution in [3.8, 4) is 0 Å². The molecule has 0 bridgehead atoms. The summed E-state index contributed by atoms with van der Waals surface area (Å²) < 4.78 is 1.81. The summed E-state index contributed by atoms with van der Waals surface area (Å²) in [6.45, 7) is 2.68. The van der Waals surface area contributed by atoms with Crippen LogP contribution in [0.25, 0.3) is 0 Å². The SMILES string of the molecule is CCc1nn(C)cc1CN. The minimum atomic E-state index is 0.594. The fourth-order valence-corrected chi connectivity index (χ4v) is 1.05. The molecule has 56 valence electrons. The average molecular weight is 139 g/mol. The Bertz CT molecular complexity index is 193. The van der Waals surface area contributed by atoms with Crippen LogP contribution in [-0.4, -0.2) is 9.78 Å². The van der Waals surface area contributed by atoms with Crippen molar-refractivity contribution in [2.24, 2.45) is 12.8 Å². The van der Waals surface area contributed by atoms with Crippen molar-refractivity contribution < 1.29 is 0 Å². The lowest BCUT2D eigenvalue weighted by molar-refractivity contribution is 0.746. The van der Waals surface area contributed by atoms with Crippen molar-refractivity contribution in [3.05, 3.63) is 17.5 Å². The molecule has 0 aliphatic heterocycles. The summed E-state index contributed by atoms with van der Waals surface area (Å²) in [7, 11) is 1.92. The molecule has 3 nitrogen and oxygen atoms in total. The molecule has 0 unspecified atom stereocenters. The van der Waals surface area contributed by atoms with Gasteiger partial charge in [0, 0.05) is 25.4 Å². The fraction of sp³-hybridized carbons (Fsp3) is 0.571. The van der Waals surface area contributed by atoms with Gasteiger partial charge in [-0.05, 0) is 6.42 Å².